The van der Waals surface area contributed by atoms with Gasteiger partial charge in [0, 0.05) is 12.6 Å². The SMILES string of the molecule is Cc1cccc([C@@H](C)NCC(=O)NCC2CC2)c1. The molecule has 0 saturated heterocycles. The number of carbonyl (C=O) groups excluding carboxylic acids is 1. The van der Waals surface area contributed by atoms with Crippen molar-refractivity contribution in [2.75, 3.05) is 13.1 Å². The van der Waals surface area contributed by atoms with Gasteiger partial charge in [0.1, 0.15) is 0 Å². The number of rotatable bonds is 6. The van der Waals surface area contributed by atoms with E-state index in [1.165, 1.54) is 24.0 Å². The highest BCUT2D eigenvalue weighted by Gasteiger charge is 2.21. The summed E-state index contributed by atoms with van der Waals surface area (Å²) in [6.45, 7) is 5.41. The van der Waals surface area contributed by atoms with E-state index in [-0.39, 0.29) is 11.9 Å². The molecule has 1 fully saturated rings. The number of benzene rings is 1. The molecule has 1 aromatic carbocycles. The predicted octanol–water partition coefficient (Wildman–Crippen LogP) is 2.17. The summed E-state index contributed by atoms with van der Waals surface area (Å²) >= 11 is 0. The van der Waals surface area contributed by atoms with E-state index < -0.39 is 0 Å². The second kappa shape index (κ2) is 6.01. The minimum Gasteiger partial charge on any atom is -0.355 e. The second-order valence-electron chi connectivity index (χ2n) is 5.26. The van der Waals surface area contributed by atoms with E-state index >= 15 is 0 Å². The Kier molecular flexibility index (Phi) is 4.37. The number of nitrogens with one attached hydrogen (secondary N) is 2. The van der Waals surface area contributed by atoms with Crippen molar-refractivity contribution in [2.24, 2.45) is 5.92 Å². The summed E-state index contributed by atoms with van der Waals surface area (Å²) in [5, 5.41) is 6.22. The number of hydrogen-bond donors (Lipinski definition) is 2. The first-order valence-corrected chi connectivity index (χ1v) is 6.72. The standard InChI is InChI=1S/C15H22N2O/c1-11-4-3-5-14(8-11)12(2)16-10-15(18)17-9-13-6-7-13/h3-5,8,12-13,16H,6-7,9-10H2,1-2H3,(H,17,18)/t12-/m1/s1. The van der Waals surface area contributed by atoms with E-state index in [9.17, 15) is 4.79 Å². The van der Waals surface area contributed by atoms with Gasteiger partial charge >= 0.3 is 0 Å². The van der Waals surface area contributed by atoms with Gasteiger partial charge in [-0.05, 0) is 38.2 Å². The minimum atomic E-state index is 0.0985. The van der Waals surface area contributed by atoms with Crippen LogP contribution in [0.15, 0.2) is 24.3 Å². The van der Waals surface area contributed by atoms with Gasteiger partial charge in [0.2, 0.25) is 5.91 Å². The number of hydrogen-bond acceptors (Lipinski definition) is 2. The van der Waals surface area contributed by atoms with Crippen molar-refractivity contribution in [3.05, 3.63) is 35.4 Å². The molecule has 0 aliphatic heterocycles. The van der Waals surface area contributed by atoms with Gasteiger partial charge < -0.3 is 10.6 Å². The average molecular weight is 246 g/mol. The van der Waals surface area contributed by atoms with Crippen molar-refractivity contribution in [3.8, 4) is 0 Å². The predicted molar refractivity (Wildman–Crippen MR) is 73.3 cm³/mol. The lowest BCUT2D eigenvalue weighted by molar-refractivity contribution is -0.120. The maximum absolute atomic E-state index is 11.6. The summed E-state index contributed by atoms with van der Waals surface area (Å²) in [7, 11) is 0. The van der Waals surface area contributed by atoms with Crippen LogP contribution in [0.1, 0.15) is 36.9 Å². The van der Waals surface area contributed by atoms with Crippen LogP contribution in [0.3, 0.4) is 0 Å². The van der Waals surface area contributed by atoms with E-state index in [0.717, 1.165) is 12.5 Å². The first-order chi connectivity index (χ1) is 8.65. The molecule has 3 nitrogen and oxygen atoms in total. The summed E-state index contributed by atoms with van der Waals surface area (Å²) in [5.41, 5.74) is 2.48. The largest absolute Gasteiger partial charge is 0.355 e. The van der Waals surface area contributed by atoms with E-state index in [0.29, 0.717) is 6.54 Å². The van der Waals surface area contributed by atoms with Gasteiger partial charge in [0.25, 0.3) is 0 Å². The second-order valence-corrected chi connectivity index (χ2v) is 5.26. The fourth-order valence-corrected chi connectivity index (χ4v) is 1.95. The quantitative estimate of drug-likeness (QED) is 0.807. The van der Waals surface area contributed by atoms with Gasteiger partial charge in [-0.2, -0.15) is 0 Å². The molecule has 0 bridgehead atoms. The number of carbonyl (C=O) groups is 1. The fourth-order valence-electron chi connectivity index (χ4n) is 1.95. The third kappa shape index (κ3) is 4.15. The third-order valence-electron chi connectivity index (χ3n) is 3.40. The Bertz CT molecular complexity index is 413. The van der Waals surface area contributed by atoms with Gasteiger partial charge in [0.15, 0.2) is 0 Å². The van der Waals surface area contributed by atoms with Gasteiger partial charge in [-0.1, -0.05) is 29.8 Å². The van der Waals surface area contributed by atoms with Crippen LogP contribution in [0, 0.1) is 12.8 Å². The summed E-state index contributed by atoms with van der Waals surface area (Å²) in [4.78, 5) is 11.6. The molecule has 0 aromatic heterocycles. The Balaban J connectivity index is 1.73. The number of amides is 1. The van der Waals surface area contributed by atoms with Gasteiger partial charge in [-0.15, -0.1) is 0 Å². The van der Waals surface area contributed by atoms with Gasteiger partial charge in [-0.25, -0.2) is 0 Å². The first-order valence-electron chi connectivity index (χ1n) is 6.72. The van der Waals surface area contributed by atoms with E-state index in [1.807, 2.05) is 0 Å². The molecule has 1 atom stereocenters. The summed E-state index contributed by atoms with van der Waals surface area (Å²) in [5.74, 6) is 0.838. The average Bonchev–Trinajstić information content (AvgIpc) is 3.17. The topological polar surface area (TPSA) is 41.1 Å². The lowest BCUT2D eigenvalue weighted by atomic mass is 10.1. The molecule has 0 spiro atoms. The van der Waals surface area contributed by atoms with Crippen LogP contribution >= 0.6 is 0 Å². The van der Waals surface area contributed by atoms with Crippen LogP contribution in [0.2, 0.25) is 0 Å². The molecule has 1 aromatic rings. The molecular formula is C15H22N2O. The molecule has 98 valence electrons. The zero-order valence-corrected chi connectivity index (χ0v) is 11.2. The van der Waals surface area contributed by atoms with Crippen LogP contribution in [-0.4, -0.2) is 19.0 Å². The van der Waals surface area contributed by atoms with Crippen LogP contribution in [0.4, 0.5) is 0 Å². The van der Waals surface area contributed by atoms with Crippen molar-refractivity contribution in [1.82, 2.24) is 10.6 Å². The summed E-state index contributed by atoms with van der Waals surface area (Å²) < 4.78 is 0. The van der Waals surface area contributed by atoms with Crippen LogP contribution in [0.5, 0.6) is 0 Å². The van der Waals surface area contributed by atoms with E-state index in [4.69, 9.17) is 0 Å². The molecule has 3 heteroatoms. The first kappa shape index (κ1) is 13.1. The Morgan fingerprint density at radius 2 is 2.22 bits per heavy atom. The Morgan fingerprint density at radius 1 is 1.44 bits per heavy atom. The van der Waals surface area contributed by atoms with E-state index in [1.54, 1.807) is 0 Å². The Morgan fingerprint density at radius 3 is 2.89 bits per heavy atom. The highest BCUT2D eigenvalue weighted by atomic mass is 16.1. The third-order valence-corrected chi connectivity index (χ3v) is 3.40. The van der Waals surface area contributed by atoms with Crippen molar-refractivity contribution < 1.29 is 4.79 Å². The molecule has 2 N–H and O–H groups in total. The van der Waals surface area contributed by atoms with E-state index in [2.05, 4.69) is 48.7 Å². The zero-order chi connectivity index (χ0) is 13.0. The molecule has 1 amide bonds. The lowest BCUT2D eigenvalue weighted by Crippen LogP contribution is -2.36. The highest BCUT2D eigenvalue weighted by Crippen LogP contribution is 2.27. The monoisotopic (exact) mass is 246 g/mol. The molecule has 0 unspecified atom stereocenters. The molecular weight excluding hydrogens is 224 g/mol. The summed E-state index contributed by atoms with van der Waals surface area (Å²) in [6, 6.07) is 8.58. The minimum absolute atomic E-state index is 0.0985. The summed E-state index contributed by atoms with van der Waals surface area (Å²) in [6.07, 6.45) is 2.54. The molecule has 0 radical (unpaired) electrons. The Hall–Kier alpha value is -1.35. The fraction of sp³-hybridized carbons (Fsp3) is 0.533. The smallest absolute Gasteiger partial charge is 0.233 e. The highest BCUT2D eigenvalue weighted by molar-refractivity contribution is 5.78. The van der Waals surface area contributed by atoms with Crippen LogP contribution in [-0.2, 0) is 4.79 Å². The number of aryl methyl sites for hydroxylation is 1. The molecule has 2 rings (SSSR count). The molecule has 1 aliphatic carbocycles. The molecule has 1 aliphatic rings. The van der Waals surface area contributed by atoms with Gasteiger partial charge in [0.05, 0.1) is 6.54 Å². The van der Waals surface area contributed by atoms with Crippen LogP contribution < -0.4 is 10.6 Å². The maximum atomic E-state index is 11.6. The van der Waals surface area contributed by atoms with Crippen molar-refractivity contribution in [3.63, 3.8) is 0 Å². The molecule has 0 heterocycles. The lowest BCUT2D eigenvalue weighted by Gasteiger charge is -2.14. The maximum Gasteiger partial charge on any atom is 0.233 e. The van der Waals surface area contributed by atoms with Crippen molar-refractivity contribution in [2.45, 2.75) is 32.7 Å². The van der Waals surface area contributed by atoms with Crippen molar-refractivity contribution >= 4 is 5.91 Å². The van der Waals surface area contributed by atoms with Crippen LogP contribution in [0.25, 0.3) is 0 Å². The zero-order valence-electron chi connectivity index (χ0n) is 11.2. The molecule has 1 saturated carbocycles. The normalized spacial score (nSPS) is 16.3. The Labute approximate surface area is 109 Å². The van der Waals surface area contributed by atoms with Gasteiger partial charge in [-0.3, -0.25) is 4.79 Å². The molecule has 18 heavy (non-hydrogen) atoms. The van der Waals surface area contributed by atoms with Crippen molar-refractivity contribution in [1.29, 1.82) is 0 Å².